The topological polar surface area (TPSA) is 47.3 Å². The highest BCUT2D eigenvalue weighted by Crippen LogP contribution is 2.21. The van der Waals surface area contributed by atoms with Gasteiger partial charge in [-0.05, 0) is 24.9 Å². The lowest BCUT2D eigenvalue weighted by Gasteiger charge is -2.34. The molecule has 3 nitrogen and oxygen atoms in total. The molecule has 1 aliphatic rings. The van der Waals surface area contributed by atoms with E-state index in [2.05, 4.69) is 17.0 Å². The van der Waals surface area contributed by atoms with Crippen molar-refractivity contribution in [2.75, 3.05) is 13.1 Å². The van der Waals surface area contributed by atoms with Crippen molar-refractivity contribution < 1.29 is 5.11 Å². The van der Waals surface area contributed by atoms with Crippen molar-refractivity contribution in [1.29, 1.82) is 5.26 Å². The molecule has 0 unspecified atom stereocenters. The highest BCUT2D eigenvalue weighted by molar-refractivity contribution is 5.15. The average molecular weight is 216 g/mol. The van der Waals surface area contributed by atoms with Crippen molar-refractivity contribution >= 4 is 0 Å². The fraction of sp³-hybridized carbons (Fsp3) is 0.462. The van der Waals surface area contributed by atoms with Gasteiger partial charge in [-0.25, -0.2) is 0 Å². The SMILES string of the molecule is N#C[C@]1(O)CCCN(Cc2ccccc2)C1. The highest BCUT2D eigenvalue weighted by Gasteiger charge is 2.32. The molecule has 1 heterocycles. The Morgan fingerprint density at radius 2 is 2.12 bits per heavy atom. The quantitative estimate of drug-likeness (QED) is 0.763. The Balaban J connectivity index is 1.99. The molecule has 1 aromatic rings. The number of hydrogen-bond donors (Lipinski definition) is 1. The normalized spacial score (nSPS) is 26.2. The van der Waals surface area contributed by atoms with E-state index in [1.165, 1.54) is 5.56 Å². The summed E-state index contributed by atoms with van der Waals surface area (Å²) in [6.45, 7) is 2.22. The van der Waals surface area contributed by atoms with Gasteiger partial charge in [0, 0.05) is 13.1 Å². The van der Waals surface area contributed by atoms with Gasteiger partial charge in [-0.2, -0.15) is 5.26 Å². The molecular formula is C13H16N2O. The van der Waals surface area contributed by atoms with Crippen LogP contribution in [0.2, 0.25) is 0 Å². The fourth-order valence-electron chi connectivity index (χ4n) is 2.19. The van der Waals surface area contributed by atoms with Crippen LogP contribution in [-0.4, -0.2) is 28.7 Å². The first-order chi connectivity index (χ1) is 7.72. The Bertz CT molecular complexity index is 385. The van der Waals surface area contributed by atoms with E-state index in [-0.39, 0.29) is 0 Å². The first-order valence-electron chi connectivity index (χ1n) is 5.62. The molecule has 1 aromatic carbocycles. The highest BCUT2D eigenvalue weighted by atomic mass is 16.3. The monoisotopic (exact) mass is 216 g/mol. The number of likely N-dealkylation sites (tertiary alicyclic amines) is 1. The molecule has 0 saturated carbocycles. The Labute approximate surface area is 95.9 Å². The largest absolute Gasteiger partial charge is 0.374 e. The number of benzene rings is 1. The van der Waals surface area contributed by atoms with Gasteiger partial charge in [0.15, 0.2) is 5.60 Å². The molecule has 1 saturated heterocycles. The summed E-state index contributed by atoms with van der Waals surface area (Å²) in [5.41, 5.74) is 0.0808. The van der Waals surface area contributed by atoms with Gasteiger partial charge in [-0.3, -0.25) is 4.90 Å². The molecule has 0 aliphatic carbocycles. The van der Waals surface area contributed by atoms with Crippen LogP contribution in [0.3, 0.4) is 0 Å². The number of hydrogen-bond acceptors (Lipinski definition) is 3. The Morgan fingerprint density at radius 3 is 2.81 bits per heavy atom. The third kappa shape index (κ3) is 2.60. The molecule has 1 atom stereocenters. The lowest BCUT2D eigenvalue weighted by atomic mass is 9.94. The maximum absolute atomic E-state index is 9.93. The molecule has 0 amide bonds. The van der Waals surface area contributed by atoms with Crippen LogP contribution < -0.4 is 0 Å². The smallest absolute Gasteiger partial charge is 0.163 e. The van der Waals surface area contributed by atoms with Crippen molar-refractivity contribution in [3.05, 3.63) is 35.9 Å². The Hall–Kier alpha value is -1.37. The van der Waals surface area contributed by atoms with Crippen LogP contribution >= 0.6 is 0 Å². The predicted molar refractivity (Wildman–Crippen MR) is 61.5 cm³/mol. The number of nitrogens with zero attached hydrogens (tertiary/aromatic N) is 2. The average Bonchev–Trinajstić information content (AvgIpc) is 2.30. The van der Waals surface area contributed by atoms with Gasteiger partial charge in [0.1, 0.15) is 0 Å². The molecule has 0 bridgehead atoms. The summed E-state index contributed by atoms with van der Waals surface area (Å²) in [6.07, 6.45) is 1.48. The van der Waals surface area contributed by atoms with Gasteiger partial charge in [-0.15, -0.1) is 0 Å². The molecule has 0 aromatic heterocycles. The molecule has 0 spiro atoms. The van der Waals surface area contributed by atoms with E-state index in [1.54, 1.807) is 0 Å². The van der Waals surface area contributed by atoms with Gasteiger partial charge < -0.3 is 5.11 Å². The fourth-order valence-corrected chi connectivity index (χ4v) is 2.19. The van der Waals surface area contributed by atoms with Crippen molar-refractivity contribution in [2.45, 2.75) is 25.0 Å². The molecule has 2 rings (SSSR count). The van der Waals surface area contributed by atoms with E-state index in [0.717, 1.165) is 19.5 Å². The Morgan fingerprint density at radius 1 is 1.38 bits per heavy atom. The minimum Gasteiger partial charge on any atom is -0.374 e. The summed E-state index contributed by atoms with van der Waals surface area (Å²) in [4.78, 5) is 2.14. The second-order valence-electron chi connectivity index (χ2n) is 4.44. The lowest BCUT2D eigenvalue weighted by molar-refractivity contribution is 0.0113. The van der Waals surface area contributed by atoms with E-state index in [0.29, 0.717) is 13.0 Å². The third-order valence-electron chi connectivity index (χ3n) is 3.01. The van der Waals surface area contributed by atoms with Crippen molar-refractivity contribution in [1.82, 2.24) is 4.90 Å². The summed E-state index contributed by atoms with van der Waals surface area (Å²) >= 11 is 0. The summed E-state index contributed by atoms with van der Waals surface area (Å²) < 4.78 is 0. The molecule has 16 heavy (non-hydrogen) atoms. The summed E-state index contributed by atoms with van der Waals surface area (Å²) in [5.74, 6) is 0. The van der Waals surface area contributed by atoms with Crippen LogP contribution in [0.5, 0.6) is 0 Å². The summed E-state index contributed by atoms with van der Waals surface area (Å²) in [6, 6.07) is 12.2. The first-order valence-corrected chi connectivity index (χ1v) is 5.62. The maximum Gasteiger partial charge on any atom is 0.163 e. The van der Waals surface area contributed by atoms with E-state index in [1.807, 2.05) is 24.3 Å². The van der Waals surface area contributed by atoms with E-state index in [9.17, 15) is 5.11 Å². The third-order valence-corrected chi connectivity index (χ3v) is 3.01. The molecular weight excluding hydrogens is 200 g/mol. The van der Waals surface area contributed by atoms with Gasteiger partial charge in [0.2, 0.25) is 0 Å². The van der Waals surface area contributed by atoms with Gasteiger partial charge in [-0.1, -0.05) is 30.3 Å². The van der Waals surface area contributed by atoms with Crippen molar-refractivity contribution in [2.24, 2.45) is 0 Å². The number of nitriles is 1. The van der Waals surface area contributed by atoms with E-state index >= 15 is 0 Å². The zero-order valence-corrected chi connectivity index (χ0v) is 9.26. The van der Waals surface area contributed by atoms with Crippen LogP contribution in [0.15, 0.2) is 30.3 Å². The number of rotatable bonds is 2. The zero-order valence-electron chi connectivity index (χ0n) is 9.26. The molecule has 1 aliphatic heterocycles. The van der Waals surface area contributed by atoms with Gasteiger partial charge in [0.05, 0.1) is 6.07 Å². The van der Waals surface area contributed by atoms with Gasteiger partial charge >= 0.3 is 0 Å². The van der Waals surface area contributed by atoms with Gasteiger partial charge in [0.25, 0.3) is 0 Å². The number of β-amino-alcohol motifs (C(OH)–C–C–N with tert-alkyl or cyclic N) is 1. The summed E-state index contributed by atoms with van der Waals surface area (Å²) in [5, 5.41) is 18.8. The van der Waals surface area contributed by atoms with Crippen molar-refractivity contribution in [3.63, 3.8) is 0 Å². The van der Waals surface area contributed by atoms with Crippen LogP contribution in [-0.2, 0) is 6.54 Å². The van der Waals surface area contributed by atoms with Crippen LogP contribution in [0.1, 0.15) is 18.4 Å². The standard InChI is InChI=1S/C13H16N2O/c14-10-13(16)7-4-8-15(11-13)9-12-5-2-1-3-6-12/h1-3,5-6,16H,4,7-9,11H2/t13-/m1/s1. The van der Waals surface area contributed by atoms with Crippen LogP contribution in [0.4, 0.5) is 0 Å². The zero-order chi connectivity index (χ0) is 11.4. The molecule has 0 radical (unpaired) electrons. The number of piperidine rings is 1. The maximum atomic E-state index is 9.93. The van der Waals surface area contributed by atoms with E-state index < -0.39 is 5.60 Å². The van der Waals surface area contributed by atoms with Crippen LogP contribution in [0.25, 0.3) is 0 Å². The van der Waals surface area contributed by atoms with Crippen molar-refractivity contribution in [3.8, 4) is 6.07 Å². The second kappa shape index (κ2) is 4.65. The van der Waals surface area contributed by atoms with E-state index in [4.69, 9.17) is 5.26 Å². The first kappa shape index (κ1) is 11.1. The Kier molecular flexibility index (Phi) is 3.23. The molecule has 84 valence electrons. The minimum atomic E-state index is -1.15. The predicted octanol–water partition coefficient (Wildman–Crippen LogP) is 1.54. The molecule has 1 fully saturated rings. The second-order valence-corrected chi connectivity index (χ2v) is 4.44. The number of aliphatic hydroxyl groups is 1. The minimum absolute atomic E-state index is 0.457. The molecule has 3 heteroatoms. The van der Waals surface area contributed by atoms with Crippen LogP contribution in [0, 0.1) is 11.3 Å². The lowest BCUT2D eigenvalue weighted by Crippen LogP contribution is -2.46. The molecule has 1 N–H and O–H groups in total. The summed E-state index contributed by atoms with van der Waals surface area (Å²) in [7, 11) is 0.